The first kappa shape index (κ1) is 18.2. The van der Waals surface area contributed by atoms with Gasteiger partial charge in [0.2, 0.25) is 5.91 Å². The number of hydrogen-bond acceptors (Lipinski definition) is 5. The fourth-order valence-corrected chi connectivity index (χ4v) is 4.52. The maximum atomic E-state index is 13.0. The Labute approximate surface area is 158 Å². The molecule has 2 fully saturated rings. The number of methoxy groups -OCH3 is 1. The number of Topliss-reactive ketones (excluding diaryl/α,β-unsaturated/α-hetero) is 1. The first-order valence-corrected chi connectivity index (χ1v) is 9.72. The molecular weight excluding hydrogens is 348 g/mol. The number of nitrogens with zero attached hydrogens (tertiary/aromatic N) is 1. The van der Waals surface area contributed by atoms with Gasteiger partial charge in [0.15, 0.2) is 5.78 Å². The third-order valence-corrected chi connectivity index (χ3v) is 6.00. The van der Waals surface area contributed by atoms with Gasteiger partial charge in [0.05, 0.1) is 17.2 Å². The van der Waals surface area contributed by atoms with Crippen LogP contribution in [0.4, 0.5) is 0 Å². The van der Waals surface area contributed by atoms with E-state index in [1.807, 2.05) is 0 Å². The lowest BCUT2D eigenvalue weighted by Gasteiger charge is -2.19. The molecule has 2 amide bonds. The standard InChI is InChI=1S/C20H26N2O5/c1-11-18(19-15(23)4-3-5-16(19)27-11)20(25)21-14-9-22(17(24)10-26-2)8-13(14)12-6-7-12/h12-14H,3-10H2,1-2H3,(H,21,25)/t13-,14+/m0/s1. The van der Waals surface area contributed by atoms with E-state index >= 15 is 0 Å². The van der Waals surface area contributed by atoms with E-state index in [1.165, 1.54) is 7.11 Å². The van der Waals surface area contributed by atoms with Crippen LogP contribution in [-0.2, 0) is 16.0 Å². The van der Waals surface area contributed by atoms with E-state index in [-0.39, 0.29) is 36.2 Å². The maximum Gasteiger partial charge on any atom is 0.255 e. The molecule has 146 valence electrons. The second-order valence-corrected chi connectivity index (χ2v) is 7.92. The van der Waals surface area contributed by atoms with E-state index in [9.17, 15) is 14.4 Å². The van der Waals surface area contributed by atoms with Gasteiger partial charge in [-0.05, 0) is 32.1 Å². The summed E-state index contributed by atoms with van der Waals surface area (Å²) < 4.78 is 10.7. The highest BCUT2D eigenvalue weighted by molar-refractivity contribution is 6.10. The van der Waals surface area contributed by atoms with Gasteiger partial charge in [-0.3, -0.25) is 14.4 Å². The zero-order valence-corrected chi connectivity index (χ0v) is 15.9. The van der Waals surface area contributed by atoms with Crippen molar-refractivity contribution in [3.05, 3.63) is 22.6 Å². The van der Waals surface area contributed by atoms with Gasteiger partial charge in [0, 0.05) is 39.0 Å². The van der Waals surface area contributed by atoms with Crippen molar-refractivity contribution >= 4 is 17.6 Å². The second-order valence-electron chi connectivity index (χ2n) is 7.92. The Balaban J connectivity index is 1.53. The smallest absolute Gasteiger partial charge is 0.255 e. The average Bonchev–Trinajstić information content (AvgIpc) is 3.28. The number of fused-ring (bicyclic) bond motifs is 1. The molecule has 0 spiro atoms. The van der Waals surface area contributed by atoms with Crippen molar-refractivity contribution in [1.29, 1.82) is 0 Å². The minimum Gasteiger partial charge on any atom is -0.465 e. The molecule has 2 atom stereocenters. The fraction of sp³-hybridized carbons (Fsp3) is 0.650. The van der Waals surface area contributed by atoms with Gasteiger partial charge in [-0.2, -0.15) is 0 Å². The molecule has 27 heavy (non-hydrogen) atoms. The van der Waals surface area contributed by atoms with Gasteiger partial charge in [-0.25, -0.2) is 0 Å². The maximum absolute atomic E-state index is 13.0. The van der Waals surface area contributed by atoms with Crippen LogP contribution in [0.2, 0.25) is 0 Å². The molecular formula is C20H26N2O5. The Bertz CT molecular complexity index is 780. The Kier molecular flexibility index (Phi) is 4.80. The predicted octanol–water partition coefficient (Wildman–Crippen LogP) is 1.72. The van der Waals surface area contributed by atoms with Crippen molar-refractivity contribution in [2.75, 3.05) is 26.8 Å². The van der Waals surface area contributed by atoms with Crippen LogP contribution in [0.5, 0.6) is 0 Å². The first-order chi connectivity index (χ1) is 13.0. The predicted molar refractivity (Wildman–Crippen MR) is 96.6 cm³/mol. The molecule has 1 aromatic heterocycles. The third kappa shape index (κ3) is 3.40. The summed E-state index contributed by atoms with van der Waals surface area (Å²) in [5.74, 6) is 1.62. The highest BCUT2D eigenvalue weighted by atomic mass is 16.5. The van der Waals surface area contributed by atoms with Crippen molar-refractivity contribution < 1.29 is 23.5 Å². The van der Waals surface area contributed by atoms with Crippen molar-refractivity contribution in [3.8, 4) is 0 Å². The van der Waals surface area contributed by atoms with E-state index in [0.29, 0.717) is 54.5 Å². The molecule has 1 aliphatic heterocycles. The minimum absolute atomic E-state index is 0.0136. The van der Waals surface area contributed by atoms with Crippen LogP contribution in [-0.4, -0.2) is 55.3 Å². The normalized spacial score (nSPS) is 24.8. The number of amides is 2. The molecule has 0 unspecified atom stereocenters. The van der Waals surface area contributed by atoms with Gasteiger partial charge < -0.3 is 19.4 Å². The van der Waals surface area contributed by atoms with E-state index in [1.54, 1.807) is 11.8 Å². The number of carbonyl (C=O) groups excluding carboxylic acids is 3. The van der Waals surface area contributed by atoms with Crippen molar-refractivity contribution in [2.24, 2.45) is 11.8 Å². The minimum atomic E-state index is -0.260. The number of hydrogen-bond donors (Lipinski definition) is 1. The van der Waals surface area contributed by atoms with Gasteiger partial charge in [0.25, 0.3) is 5.91 Å². The fourth-order valence-electron chi connectivity index (χ4n) is 4.52. The number of carbonyl (C=O) groups is 3. The number of nitrogens with one attached hydrogen (secondary N) is 1. The lowest BCUT2D eigenvalue weighted by molar-refractivity contribution is -0.134. The summed E-state index contributed by atoms with van der Waals surface area (Å²) >= 11 is 0. The van der Waals surface area contributed by atoms with Crippen LogP contribution in [0.3, 0.4) is 0 Å². The monoisotopic (exact) mass is 374 g/mol. The summed E-state index contributed by atoms with van der Waals surface area (Å²) in [4.78, 5) is 39.4. The Hall–Kier alpha value is -2.15. The molecule has 2 heterocycles. The van der Waals surface area contributed by atoms with Crippen LogP contribution in [0, 0.1) is 18.8 Å². The number of ether oxygens (including phenoxy) is 1. The summed E-state index contributed by atoms with van der Waals surface area (Å²) in [7, 11) is 1.51. The highest BCUT2D eigenvalue weighted by Gasteiger charge is 2.45. The molecule has 0 bridgehead atoms. The Morgan fingerprint density at radius 3 is 2.74 bits per heavy atom. The van der Waals surface area contributed by atoms with Crippen LogP contribution in [0.1, 0.15) is 57.9 Å². The SMILES string of the molecule is COCC(=O)N1C[C@@H](NC(=O)c2c(C)oc3c2C(=O)CCC3)[C@H](C2CC2)C1. The summed E-state index contributed by atoms with van der Waals surface area (Å²) in [5.41, 5.74) is 0.843. The third-order valence-electron chi connectivity index (χ3n) is 6.00. The van der Waals surface area contributed by atoms with E-state index in [0.717, 1.165) is 19.3 Å². The molecule has 2 aliphatic carbocycles. The van der Waals surface area contributed by atoms with Gasteiger partial charge in [0.1, 0.15) is 18.1 Å². The molecule has 7 nitrogen and oxygen atoms in total. The molecule has 3 aliphatic rings. The Morgan fingerprint density at radius 2 is 2.04 bits per heavy atom. The van der Waals surface area contributed by atoms with Crippen LogP contribution in [0.15, 0.2) is 4.42 Å². The van der Waals surface area contributed by atoms with Crippen LogP contribution < -0.4 is 5.32 Å². The summed E-state index contributed by atoms with van der Waals surface area (Å²) in [6.45, 7) is 2.93. The number of ketones is 1. The lowest BCUT2D eigenvalue weighted by atomic mass is 9.92. The van der Waals surface area contributed by atoms with Crippen LogP contribution >= 0.6 is 0 Å². The van der Waals surface area contributed by atoms with Crippen molar-refractivity contribution in [2.45, 2.75) is 45.1 Å². The topological polar surface area (TPSA) is 88.8 Å². The molecule has 1 aromatic rings. The van der Waals surface area contributed by atoms with E-state index < -0.39 is 0 Å². The molecule has 7 heteroatoms. The molecule has 1 saturated carbocycles. The molecule has 1 saturated heterocycles. The van der Waals surface area contributed by atoms with Gasteiger partial charge in [-0.1, -0.05) is 0 Å². The summed E-state index contributed by atoms with van der Waals surface area (Å²) in [5, 5.41) is 3.11. The molecule has 4 rings (SSSR count). The van der Waals surface area contributed by atoms with Crippen LogP contribution in [0.25, 0.3) is 0 Å². The number of rotatable bonds is 5. The van der Waals surface area contributed by atoms with Gasteiger partial charge >= 0.3 is 0 Å². The zero-order chi connectivity index (χ0) is 19.1. The largest absolute Gasteiger partial charge is 0.465 e. The zero-order valence-electron chi connectivity index (χ0n) is 15.9. The number of likely N-dealkylation sites (tertiary alicyclic amines) is 1. The van der Waals surface area contributed by atoms with E-state index in [2.05, 4.69) is 5.32 Å². The quantitative estimate of drug-likeness (QED) is 0.848. The first-order valence-electron chi connectivity index (χ1n) is 9.72. The second kappa shape index (κ2) is 7.11. The number of furan rings is 1. The summed E-state index contributed by atoms with van der Waals surface area (Å²) in [6, 6.07) is -0.102. The van der Waals surface area contributed by atoms with Crippen molar-refractivity contribution in [1.82, 2.24) is 10.2 Å². The molecule has 1 N–H and O–H groups in total. The van der Waals surface area contributed by atoms with E-state index in [4.69, 9.17) is 9.15 Å². The average molecular weight is 374 g/mol. The van der Waals surface area contributed by atoms with Gasteiger partial charge in [-0.15, -0.1) is 0 Å². The Morgan fingerprint density at radius 1 is 1.26 bits per heavy atom. The van der Waals surface area contributed by atoms with Crippen molar-refractivity contribution in [3.63, 3.8) is 0 Å². The summed E-state index contributed by atoms with van der Waals surface area (Å²) in [6.07, 6.45) is 4.20. The molecule has 0 radical (unpaired) electrons. The lowest BCUT2D eigenvalue weighted by Crippen LogP contribution is -2.42. The highest BCUT2D eigenvalue weighted by Crippen LogP contribution is 2.41. The molecule has 0 aromatic carbocycles. The number of aryl methyl sites for hydroxylation is 2.